The lowest BCUT2D eigenvalue weighted by atomic mass is 10.2. The maximum atomic E-state index is 12.6. The Morgan fingerprint density at radius 1 is 0.941 bits per heavy atom. The van der Waals surface area contributed by atoms with Crippen LogP contribution in [-0.2, 0) is 4.79 Å². The van der Waals surface area contributed by atoms with E-state index < -0.39 is 9.96 Å². The first-order valence-corrected chi connectivity index (χ1v) is 12.1. The predicted octanol–water partition coefficient (Wildman–Crippen LogP) is 6.09. The third-order valence-corrected chi connectivity index (χ3v) is 5.98. The van der Waals surface area contributed by atoms with Crippen molar-refractivity contribution in [3.8, 4) is 0 Å². The fraction of sp³-hybridized carbons (Fsp3) is 0.154. The average Bonchev–Trinajstić information content (AvgIpc) is 3.17. The van der Waals surface area contributed by atoms with Crippen LogP contribution in [0.4, 0.5) is 0 Å². The Morgan fingerprint density at radius 2 is 1.56 bits per heavy atom. The smallest absolute Gasteiger partial charge is 0.245 e. The minimum absolute atomic E-state index is 0.389. The van der Waals surface area contributed by atoms with Gasteiger partial charge in [0.1, 0.15) is 0 Å². The summed E-state index contributed by atoms with van der Waals surface area (Å²) < 4.78 is -1.80. The standard InChI is InChI=1S/C26H24Cl3N3OS/c27-26(28,29)24(30-23(33)18-17-21-13-9-8-10-14-21)32-20-19-31(25(32)34)22-15-11-6-4-2-1-3-5-7-12-16-22/h1-18,24H,19-20H2,(H,30,33)/b2-1-,3-1?,4-2?,5-3-,6-4-,7-5?,11-6?,12-7-,15-11-,16-12?,18-17+,22-15?,22-16+. The largest absolute Gasteiger partial charge is 0.328 e. The van der Waals surface area contributed by atoms with E-state index in [0.717, 1.165) is 11.3 Å². The molecule has 1 atom stereocenters. The maximum Gasteiger partial charge on any atom is 0.245 e. The van der Waals surface area contributed by atoms with Gasteiger partial charge < -0.3 is 15.1 Å². The molecule has 8 heteroatoms. The molecular weight excluding hydrogens is 509 g/mol. The van der Waals surface area contributed by atoms with Crippen LogP contribution in [0.3, 0.4) is 0 Å². The van der Waals surface area contributed by atoms with Crippen LogP contribution in [0.15, 0.2) is 109 Å². The number of nitrogens with zero attached hydrogens (tertiary/aromatic N) is 2. The van der Waals surface area contributed by atoms with Gasteiger partial charge in [0.25, 0.3) is 0 Å². The number of benzene rings is 1. The van der Waals surface area contributed by atoms with Crippen molar-refractivity contribution in [1.82, 2.24) is 15.1 Å². The molecule has 1 aromatic rings. The molecule has 0 saturated carbocycles. The summed E-state index contributed by atoms with van der Waals surface area (Å²) in [7, 11) is 0. The Balaban J connectivity index is 1.76. The van der Waals surface area contributed by atoms with E-state index in [1.165, 1.54) is 6.08 Å². The molecule has 1 aliphatic carbocycles. The summed E-state index contributed by atoms with van der Waals surface area (Å²) in [6.45, 7) is 1.06. The van der Waals surface area contributed by atoms with Crippen LogP contribution in [0.1, 0.15) is 5.56 Å². The lowest BCUT2D eigenvalue weighted by Crippen LogP contribution is -2.56. The number of hydrogen-bond acceptors (Lipinski definition) is 2. The minimum atomic E-state index is -1.80. The fourth-order valence-electron chi connectivity index (χ4n) is 3.28. The third-order valence-electron chi connectivity index (χ3n) is 4.90. The Hall–Kier alpha value is -2.57. The van der Waals surface area contributed by atoms with Gasteiger partial charge in [-0.3, -0.25) is 4.79 Å². The molecule has 0 spiro atoms. The van der Waals surface area contributed by atoms with Crippen LogP contribution in [0, 0.1) is 0 Å². The number of halogens is 3. The number of amides is 1. The van der Waals surface area contributed by atoms with Gasteiger partial charge in [0.15, 0.2) is 11.3 Å². The molecule has 3 rings (SSSR count). The van der Waals surface area contributed by atoms with Crippen molar-refractivity contribution < 1.29 is 4.79 Å². The van der Waals surface area contributed by atoms with Crippen LogP contribution in [0.5, 0.6) is 0 Å². The number of nitrogens with one attached hydrogen (secondary N) is 1. The zero-order valence-corrected chi connectivity index (χ0v) is 21.3. The van der Waals surface area contributed by atoms with Crippen molar-refractivity contribution in [2.24, 2.45) is 0 Å². The second-order valence-electron chi connectivity index (χ2n) is 7.31. The SMILES string of the molecule is O=C(/C=C/c1ccccc1)NC(N1CCN(C2=C/C=C\C=C/C=C\C=C/C=C\2)C1=S)C(Cl)(Cl)Cl. The summed E-state index contributed by atoms with van der Waals surface area (Å²) in [6, 6.07) is 9.47. The van der Waals surface area contributed by atoms with Gasteiger partial charge in [-0.05, 0) is 36.0 Å². The lowest BCUT2D eigenvalue weighted by molar-refractivity contribution is -0.117. The third kappa shape index (κ3) is 7.74. The lowest BCUT2D eigenvalue weighted by Gasteiger charge is -2.34. The van der Waals surface area contributed by atoms with Gasteiger partial charge in [0.2, 0.25) is 9.70 Å². The van der Waals surface area contributed by atoms with Crippen molar-refractivity contribution in [3.63, 3.8) is 0 Å². The average molecular weight is 533 g/mol. The van der Waals surface area contributed by atoms with Crippen molar-refractivity contribution in [1.29, 1.82) is 0 Å². The molecule has 1 saturated heterocycles. The van der Waals surface area contributed by atoms with Crippen LogP contribution >= 0.6 is 47.0 Å². The zero-order chi connectivity index (χ0) is 24.4. The number of rotatable bonds is 5. The highest BCUT2D eigenvalue weighted by Gasteiger charge is 2.43. The fourth-order valence-corrected chi connectivity index (χ4v) is 4.19. The van der Waals surface area contributed by atoms with Crippen molar-refractivity contribution >= 4 is 64.1 Å². The van der Waals surface area contributed by atoms with Crippen LogP contribution in [-0.4, -0.2) is 43.9 Å². The van der Waals surface area contributed by atoms with Crippen LogP contribution < -0.4 is 5.32 Å². The molecule has 1 amide bonds. The minimum Gasteiger partial charge on any atom is -0.328 e. The van der Waals surface area contributed by atoms with E-state index in [-0.39, 0.29) is 5.91 Å². The number of hydrogen-bond donors (Lipinski definition) is 1. The van der Waals surface area contributed by atoms with Gasteiger partial charge >= 0.3 is 0 Å². The summed E-state index contributed by atoms with van der Waals surface area (Å²) in [5.41, 5.74) is 1.77. The Labute approximate surface area is 220 Å². The van der Waals surface area contributed by atoms with Gasteiger partial charge in [-0.2, -0.15) is 0 Å². The molecule has 1 aliphatic heterocycles. The number of alkyl halides is 3. The van der Waals surface area contributed by atoms with Gasteiger partial charge in [-0.25, -0.2) is 0 Å². The molecule has 34 heavy (non-hydrogen) atoms. The zero-order valence-electron chi connectivity index (χ0n) is 18.2. The topological polar surface area (TPSA) is 35.6 Å². The number of carbonyl (C=O) groups is 1. The van der Waals surface area contributed by atoms with Crippen LogP contribution in [0.25, 0.3) is 6.08 Å². The summed E-state index contributed by atoms with van der Waals surface area (Å²) in [5.74, 6) is -0.389. The van der Waals surface area contributed by atoms with Gasteiger partial charge in [0.05, 0.1) is 0 Å². The molecule has 1 N–H and O–H groups in total. The Morgan fingerprint density at radius 3 is 2.21 bits per heavy atom. The van der Waals surface area contributed by atoms with E-state index in [4.69, 9.17) is 47.0 Å². The van der Waals surface area contributed by atoms with Crippen molar-refractivity contribution in [2.45, 2.75) is 9.96 Å². The van der Waals surface area contributed by atoms with E-state index in [1.54, 1.807) is 11.0 Å². The van der Waals surface area contributed by atoms with E-state index in [2.05, 4.69) is 5.32 Å². The molecule has 176 valence electrons. The predicted molar refractivity (Wildman–Crippen MR) is 147 cm³/mol. The Kier molecular flexibility index (Phi) is 9.78. The molecule has 1 unspecified atom stereocenters. The maximum absolute atomic E-state index is 12.6. The van der Waals surface area contributed by atoms with E-state index in [0.29, 0.717) is 18.2 Å². The molecule has 1 aromatic carbocycles. The van der Waals surface area contributed by atoms with Gasteiger partial charge in [0, 0.05) is 24.9 Å². The number of carbonyl (C=O) groups excluding carboxylic acids is 1. The molecular formula is C26H24Cl3N3OS. The van der Waals surface area contributed by atoms with E-state index >= 15 is 0 Å². The van der Waals surface area contributed by atoms with E-state index in [1.807, 2.05) is 102 Å². The molecule has 2 aliphatic rings. The van der Waals surface area contributed by atoms with Gasteiger partial charge in [-0.1, -0.05) is 120 Å². The highest BCUT2D eigenvalue weighted by Crippen LogP contribution is 2.34. The Bertz CT molecular complexity index is 1080. The highest BCUT2D eigenvalue weighted by molar-refractivity contribution is 7.80. The number of thiocarbonyl (C=S) groups is 1. The molecule has 0 radical (unpaired) electrons. The highest BCUT2D eigenvalue weighted by atomic mass is 35.6. The molecule has 0 bridgehead atoms. The summed E-state index contributed by atoms with van der Waals surface area (Å²) in [6.07, 6.45) is 23.5. The first-order chi connectivity index (χ1) is 16.4. The van der Waals surface area contributed by atoms with Gasteiger partial charge in [-0.15, -0.1) is 0 Å². The van der Waals surface area contributed by atoms with Crippen LogP contribution in [0.2, 0.25) is 0 Å². The quantitative estimate of drug-likeness (QED) is 0.283. The number of allylic oxidation sites excluding steroid dienone is 11. The first-order valence-electron chi connectivity index (χ1n) is 10.6. The monoisotopic (exact) mass is 531 g/mol. The van der Waals surface area contributed by atoms with E-state index in [9.17, 15) is 4.79 Å². The summed E-state index contributed by atoms with van der Waals surface area (Å²) in [4.78, 5) is 16.3. The normalized spacial score (nSPS) is 23.9. The van der Waals surface area contributed by atoms with Crippen molar-refractivity contribution in [3.05, 3.63) is 115 Å². The second kappa shape index (κ2) is 12.8. The molecule has 1 fully saturated rings. The second-order valence-corrected chi connectivity index (χ2v) is 10.0. The van der Waals surface area contributed by atoms with Crippen molar-refractivity contribution in [2.75, 3.05) is 13.1 Å². The summed E-state index contributed by atoms with van der Waals surface area (Å²) in [5, 5.41) is 3.25. The molecule has 1 heterocycles. The molecule has 4 nitrogen and oxygen atoms in total. The first kappa shape index (κ1) is 26.0. The summed E-state index contributed by atoms with van der Waals surface area (Å²) >= 11 is 24.5. The molecule has 0 aromatic heterocycles.